The molecule has 0 saturated carbocycles. The van der Waals surface area contributed by atoms with Gasteiger partial charge in [-0.3, -0.25) is 9.59 Å². The summed E-state index contributed by atoms with van der Waals surface area (Å²) >= 11 is 0. The van der Waals surface area contributed by atoms with Crippen molar-refractivity contribution < 1.29 is 19.4 Å². The van der Waals surface area contributed by atoms with Crippen molar-refractivity contribution >= 4 is 11.9 Å². The van der Waals surface area contributed by atoms with Crippen molar-refractivity contribution in [2.75, 3.05) is 6.61 Å². The molecule has 0 aliphatic heterocycles. The zero-order valence-corrected chi connectivity index (χ0v) is 28.9. The van der Waals surface area contributed by atoms with E-state index in [0.717, 1.165) is 32.1 Å². The highest BCUT2D eigenvalue weighted by molar-refractivity contribution is 5.69. The van der Waals surface area contributed by atoms with Crippen LogP contribution in [0.15, 0.2) is 12.2 Å². The summed E-state index contributed by atoms with van der Waals surface area (Å²) in [5, 5.41) is 8.64. The molecule has 0 aliphatic carbocycles. The number of hydrogen-bond acceptors (Lipinski definition) is 3. The minimum atomic E-state index is -0.658. The predicted octanol–water partition coefficient (Wildman–Crippen LogP) is 13.1. The third-order valence-corrected chi connectivity index (χ3v) is 8.69. The van der Waals surface area contributed by atoms with E-state index in [4.69, 9.17) is 9.84 Å². The van der Waals surface area contributed by atoms with Crippen LogP contribution in [0, 0.1) is 0 Å². The molecule has 0 radical (unpaired) electrons. The van der Waals surface area contributed by atoms with Crippen molar-refractivity contribution in [1.29, 1.82) is 0 Å². The summed E-state index contributed by atoms with van der Waals surface area (Å²) in [6, 6.07) is 0. The van der Waals surface area contributed by atoms with Gasteiger partial charge < -0.3 is 9.84 Å². The number of ether oxygens (including phenoxy) is 1. The molecule has 0 heterocycles. The molecule has 0 rings (SSSR count). The first-order valence-corrected chi connectivity index (χ1v) is 19.2. The molecule has 4 heteroatoms. The van der Waals surface area contributed by atoms with Crippen LogP contribution >= 0.6 is 0 Å². The Hall–Kier alpha value is -1.32. The van der Waals surface area contributed by atoms with Crippen LogP contribution in [-0.2, 0) is 14.3 Å². The minimum absolute atomic E-state index is 0.00448. The molecule has 0 aliphatic rings. The highest BCUT2D eigenvalue weighted by Gasteiger charge is 2.03. The van der Waals surface area contributed by atoms with Gasteiger partial charge in [-0.15, -0.1) is 0 Å². The molecule has 0 aromatic rings. The molecule has 1 N–H and O–H groups in total. The van der Waals surface area contributed by atoms with Gasteiger partial charge in [0.15, 0.2) is 0 Å². The summed E-state index contributed by atoms with van der Waals surface area (Å²) in [7, 11) is 0. The van der Waals surface area contributed by atoms with Crippen LogP contribution in [-0.4, -0.2) is 23.7 Å². The number of carboxylic acids is 1. The average molecular weight is 607 g/mol. The molecular weight excluding hydrogens is 532 g/mol. The standard InChI is InChI=1S/C39H74O4/c1-2-3-4-5-6-7-20-24-27-30-33-36-39(42)43-37-34-31-28-25-22-19-17-15-13-11-9-8-10-12-14-16-18-21-23-26-29-32-35-38(40)41/h5-6H,2-4,7-37H2,1H3,(H,40,41)/b6-5-. The van der Waals surface area contributed by atoms with E-state index in [1.165, 1.54) is 167 Å². The molecular formula is C39H74O4. The van der Waals surface area contributed by atoms with Crippen LogP contribution < -0.4 is 0 Å². The summed E-state index contributed by atoms with van der Waals surface area (Å²) in [5.74, 6) is -0.653. The van der Waals surface area contributed by atoms with Crippen LogP contribution in [0.1, 0.15) is 219 Å². The Balaban J connectivity index is 3.15. The lowest BCUT2D eigenvalue weighted by atomic mass is 10.0. The molecule has 0 saturated heterocycles. The summed E-state index contributed by atoms with van der Waals surface area (Å²) in [4.78, 5) is 22.4. The van der Waals surface area contributed by atoms with Crippen molar-refractivity contribution in [3.8, 4) is 0 Å². The zero-order valence-electron chi connectivity index (χ0n) is 28.9. The Bertz CT molecular complexity index is 600. The maximum Gasteiger partial charge on any atom is 0.305 e. The number of allylic oxidation sites excluding steroid dienone is 2. The lowest BCUT2D eigenvalue weighted by Crippen LogP contribution is -2.05. The third-order valence-electron chi connectivity index (χ3n) is 8.69. The Kier molecular flexibility index (Phi) is 35.7. The van der Waals surface area contributed by atoms with Crippen LogP contribution in [0.25, 0.3) is 0 Å². The molecule has 0 spiro atoms. The predicted molar refractivity (Wildman–Crippen MR) is 186 cm³/mol. The Morgan fingerprint density at radius 3 is 1.16 bits per heavy atom. The molecule has 0 aromatic heterocycles. The number of aliphatic carboxylic acids is 1. The molecule has 0 aromatic carbocycles. The van der Waals surface area contributed by atoms with Crippen molar-refractivity contribution in [3.63, 3.8) is 0 Å². The molecule has 0 amide bonds. The first kappa shape index (κ1) is 41.7. The van der Waals surface area contributed by atoms with Gasteiger partial charge in [0.25, 0.3) is 0 Å². The van der Waals surface area contributed by atoms with Crippen LogP contribution in [0.5, 0.6) is 0 Å². The molecule has 0 unspecified atom stereocenters. The molecule has 43 heavy (non-hydrogen) atoms. The van der Waals surface area contributed by atoms with Crippen LogP contribution in [0.3, 0.4) is 0 Å². The van der Waals surface area contributed by atoms with E-state index in [9.17, 15) is 9.59 Å². The number of carbonyl (C=O) groups excluding carboxylic acids is 1. The Labute approximate surface area is 268 Å². The maximum absolute atomic E-state index is 11.9. The van der Waals surface area contributed by atoms with Gasteiger partial charge in [-0.05, 0) is 38.5 Å². The fourth-order valence-corrected chi connectivity index (χ4v) is 5.79. The van der Waals surface area contributed by atoms with Gasteiger partial charge in [0.2, 0.25) is 0 Å². The normalized spacial score (nSPS) is 11.5. The fourth-order valence-electron chi connectivity index (χ4n) is 5.79. The second-order valence-corrected chi connectivity index (χ2v) is 13.1. The first-order valence-electron chi connectivity index (χ1n) is 19.2. The van der Waals surface area contributed by atoms with Gasteiger partial charge in [-0.25, -0.2) is 0 Å². The smallest absolute Gasteiger partial charge is 0.305 e. The topological polar surface area (TPSA) is 63.6 Å². The van der Waals surface area contributed by atoms with Gasteiger partial charge in [0.1, 0.15) is 0 Å². The summed E-state index contributed by atoms with van der Waals surface area (Å²) in [5.41, 5.74) is 0. The largest absolute Gasteiger partial charge is 0.481 e. The second kappa shape index (κ2) is 36.9. The highest BCUT2D eigenvalue weighted by Crippen LogP contribution is 2.16. The second-order valence-electron chi connectivity index (χ2n) is 13.1. The maximum atomic E-state index is 11.9. The van der Waals surface area contributed by atoms with Gasteiger partial charge in [0.05, 0.1) is 6.61 Å². The molecule has 0 fully saturated rings. The lowest BCUT2D eigenvalue weighted by Gasteiger charge is -2.06. The first-order chi connectivity index (χ1) is 21.2. The van der Waals surface area contributed by atoms with Crippen molar-refractivity contribution in [2.24, 2.45) is 0 Å². The SMILES string of the molecule is CCCC/C=C\CCCCCCCC(=O)OCCCCCCCCCCCCCCCCCCCCCCCCC(=O)O. The average Bonchev–Trinajstić information content (AvgIpc) is 2.99. The minimum Gasteiger partial charge on any atom is -0.481 e. The highest BCUT2D eigenvalue weighted by atomic mass is 16.5. The number of unbranched alkanes of at least 4 members (excludes halogenated alkanes) is 28. The molecule has 254 valence electrons. The summed E-state index contributed by atoms with van der Waals surface area (Å²) in [6.45, 7) is 2.85. The van der Waals surface area contributed by atoms with Gasteiger partial charge in [-0.1, -0.05) is 180 Å². The quantitative estimate of drug-likeness (QED) is 0.0438. The number of hydrogen-bond donors (Lipinski definition) is 1. The lowest BCUT2D eigenvalue weighted by molar-refractivity contribution is -0.144. The Morgan fingerprint density at radius 1 is 0.442 bits per heavy atom. The van der Waals surface area contributed by atoms with Crippen molar-refractivity contribution in [3.05, 3.63) is 12.2 Å². The molecule has 4 nitrogen and oxygen atoms in total. The summed E-state index contributed by atoms with van der Waals surface area (Å²) in [6.07, 6.45) is 45.2. The number of carboxylic acid groups (broad SMARTS) is 1. The van der Waals surface area contributed by atoms with Crippen LogP contribution in [0.4, 0.5) is 0 Å². The summed E-state index contributed by atoms with van der Waals surface area (Å²) < 4.78 is 5.42. The Morgan fingerprint density at radius 2 is 0.767 bits per heavy atom. The number of rotatable bonds is 36. The van der Waals surface area contributed by atoms with Crippen molar-refractivity contribution in [1.82, 2.24) is 0 Å². The van der Waals surface area contributed by atoms with E-state index in [2.05, 4.69) is 19.1 Å². The monoisotopic (exact) mass is 607 g/mol. The van der Waals surface area contributed by atoms with Crippen molar-refractivity contribution in [2.45, 2.75) is 219 Å². The van der Waals surface area contributed by atoms with E-state index in [1.807, 2.05) is 0 Å². The van der Waals surface area contributed by atoms with E-state index >= 15 is 0 Å². The van der Waals surface area contributed by atoms with Gasteiger partial charge in [0, 0.05) is 12.8 Å². The molecule has 0 atom stereocenters. The van der Waals surface area contributed by atoms with Gasteiger partial charge in [-0.2, -0.15) is 0 Å². The van der Waals surface area contributed by atoms with E-state index in [-0.39, 0.29) is 5.97 Å². The van der Waals surface area contributed by atoms with E-state index < -0.39 is 5.97 Å². The zero-order chi connectivity index (χ0) is 31.3. The van der Waals surface area contributed by atoms with E-state index in [0.29, 0.717) is 19.4 Å². The number of esters is 1. The third kappa shape index (κ3) is 38.7. The molecule has 0 bridgehead atoms. The fraction of sp³-hybridized carbons (Fsp3) is 0.897. The number of carbonyl (C=O) groups is 2. The van der Waals surface area contributed by atoms with E-state index in [1.54, 1.807) is 0 Å². The van der Waals surface area contributed by atoms with Crippen LogP contribution in [0.2, 0.25) is 0 Å². The van der Waals surface area contributed by atoms with Gasteiger partial charge >= 0.3 is 11.9 Å².